The van der Waals surface area contributed by atoms with Crippen molar-refractivity contribution in [3.05, 3.63) is 82.4 Å². The molecule has 7 heteroatoms. The fourth-order valence-electron chi connectivity index (χ4n) is 4.04. The Hall–Kier alpha value is -3.00. The molecule has 176 valence electrons. The number of aliphatic hydroxyl groups excluding tert-OH is 2. The van der Waals surface area contributed by atoms with Gasteiger partial charge in [0.2, 0.25) is 0 Å². The van der Waals surface area contributed by atoms with Gasteiger partial charge in [0, 0.05) is 12.0 Å². The number of aliphatic hydroxyl groups is 2. The van der Waals surface area contributed by atoms with Gasteiger partial charge in [0.05, 0.1) is 32.0 Å². The van der Waals surface area contributed by atoms with Crippen LogP contribution in [0.5, 0.6) is 0 Å². The van der Waals surface area contributed by atoms with Gasteiger partial charge in [-0.25, -0.2) is 9.69 Å². The van der Waals surface area contributed by atoms with E-state index in [9.17, 15) is 14.7 Å². The summed E-state index contributed by atoms with van der Waals surface area (Å²) in [6.45, 7) is 6.46. The van der Waals surface area contributed by atoms with Crippen LogP contribution in [-0.2, 0) is 16.1 Å². The number of hydrogen-bond acceptors (Lipinski definition) is 6. The minimum Gasteiger partial charge on any atom is -0.443 e. The predicted molar refractivity (Wildman–Crippen MR) is 124 cm³/mol. The summed E-state index contributed by atoms with van der Waals surface area (Å²) in [4.78, 5) is 26.6. The van der Waals surface area contributed by atoms with E-state index < -0.39 is 36.9 Å². The molecule has 33 heavy (non-hydrogen) atoms. The zero-order valence-corrected chi connectivity index (χ0v) is 19.2. The first-order chi connectivity index (χ1) is 15.8. The molecule has 0 aromatic heterocycles. The first-order valence-electron chi connectivity index (χ1n) is 11.0. The lowest BCUT2D eigenvalue weighted by molar-refractivity contribution is 0.0717. The van der Waals surface area contributed by atoms with E-state index in [-0.39, 0.29) is 0 Å². The van der Waals surface area contributed by atoms with Gasteiger partial charge in [-0.15, -0.1) is 0 Å². The van der Waals surface area contributed by atoms with Gasteiger partial charge >= 0.3 is 6.09 Å². The molecule has 0 radical (unpaired) electrons. The number of amides is 2. The number of rotatable bonds is 9. The molecule has 7 nitrogen and oxygen atoms in total. The molecule has 2 aromatic rings. The molecule has 0 bridgehead atoms. The van der Waals surface area contributed by atoms with Crippen molar-refractivity contribution >= 4 is 12.0 Å². The van der Waals surface area contributed by atoms with Crippen molar-refractivity contribution in [2.24, 2.45) is 0 Å². The molecule has 2 amide bonds. The summed E-state index contributed by atoms with van der Waals surface area (Å²) in [5.41, 5.74) is 5.02. The minimum absolute atomic E-state index is 0.324. The molecular formula is C26H31NO6. The molecular weight excluding hydrogens is 422 g/mol. The van der Waals surface area contributed by atoms with Crippen LogP contribution in [0.15, 0.2) is 54.6 Å². The Bertz CT molecular complexity index is 980. The van der Waals surface area contributed by atoms with Gasteiger partial charge in [-0.2, -0.15) is 0 Å². The highest BCUT2D eigenvalue weighted by Gasteiger charge is 2.44. The number of benzene rings is 2. The lowest BCUT2D eigenvalue weighted by atomic mass is 10.0. The first kappa shape index (κ1) is 24.6. The molecule has 2 aromatic carbocycles. The maximum absolute atomic E-state index is 13.0. The van der Waals surface area contributed by atoms with Crippen LogP contribution in [0, 0.1) is 20.8 Å². The Balaban J connectivity index is 1.70. The molecule has 1 aliphatic heterocycles. The summed E-state index contributed by atoms with van der Waals surface area (Å²) >= 11 is 0. The van der Waals surface area contributed by atoms with E-state index in [1.165, 1.54) is 28.8 Å². The molecule has 1 aliphatic rings. The molecule has 0 saturated carbocycles. The van der Waals surface area contributed by atoms with E-state index in [1.807, 2.05) is 0 Å². The Kier molecular flexibility index (Phi) is 8.38. The van der Waals surface area contributed by atoms with Crippen LogP contribution >= 0.6 is 0 Å². The maximum Gasteiger partial charge on any atom is 0.417 e. The molecule has 0 unspecified atom stereocenters. The van der Waals surface area contributed by atoms with Gasteiger partial charge in [-0.3, -0.25) is 4.79 Å². The predicted octanol–water partition coefficient (Wildman–Crippen LogP) is 3.46. The number of nitrogens with zero attached hydrogens (tertiary/aromatic N) is 1. The Labute approximate surface area is 194 Å². The minimum atomic E-state index is -1.10. The average molecular weight is 454 g/mol. The highest BCUT2D eigenvalue weighted by atomic mass is 16.6. The quantitative estimate of drug-likeness (QED) is 0.446. The second-order valence-electron chi connectivity index (χ2n) is 8.31. The van der Waals surface area contributed by atoms with Gasteiger partial charge in [0.1, 0.15) is 6.10 Å². The Morgan fingerprint density at radius 1 is 1.18 bits per heavy atom. The number of imide groups is 1. The van der Waals surface area contributed by atoms with E-state index >= 15 is 0 Å². The maximum atomic E-state index is 13.0. The van der Waals surface area contributed by atoms with Crippen LogP contribution in [0.25, 0.3) is 0 Å². The van der Waals surface area contributed by atoms with Crippen LogP contribution in [-0.4, -0.2) is 58.6 Å². The lowest BCUT2D eigenvalue weighted by Gasteiger charge is -2.21. The number of cyclic esters (lactones) is 1. The molecule has 1 heterocycles. The van der Waals surface area contributed by atoms with E-state index in [0.29, 0.717) is 25.2 Å². The third kappa shape index (κ3) is 6.07. The Morgan fingerprint density at radius 3 is 2.48 bits per heavy atom. The largest absolute Gasteiger partial charge is 0.443 e. The van der Waals surface area contributed by atoms with Crippen LogP contribution in [0.4, 0.5) is 4.79 Å². The van der Waals surface area contributed by atoms with E-state index in [0.717, 1.165) is 10.5 Å². The van der Waals surface area contributed by atoms with Gasteiger partial charge < -0.3 is 19.7 Å². The monoisotopic (exact) mass is 453 g/mol. The summed E-state index contributed by atoms with van der Waals surface area (Å²) in [7, 11) is 0. The smallest absolute Gasteiger partial charge is 0.417 e. The second kappa shape index (κ2) is 11.2. The van der Waals surface area contributed by atoms with E-state index in [2.05, 4.69) is 32.9 Å². The fraction of sp³-hybridized carbons (Fsp3) is 0.385. The normalized spacial score (nSPS) is 19.2. The van der Waals surface area contributed by atoms with Crippen LogP contribution < -0.4 is 0 Å². The van der Waals surface area contributed by atoms with Gasteiger partial charge in [0.25, 0.3) is 5.91 Å². The number of carbonyl (C=O) groups excluding carboxylic acids is 2. The van der Waals surface area contributed by atoms with Crippen molar-refractivity contribution in [1.29, 1.82) is 0 Å². The SMILES string of the molecule is Cc1cc(C)c(COCC[C@@H]2OC(=O)N(C(=O)c3ccccc3)[C@H]2/C=C/[C@H](O)CO)c(C)c1. The summed E-state index contributed by atoms with van der Waals surface area (Å²) in [6, 6.07) is 12.0. The van der Waals surface area contributed by atoms with Crippen LogP contribution in [0.2, 0.25) is 0 Å². The molecule has 3 rings (SSSR count). The Morgan fingerprint density at radius 2 is 1.85 bits per heavy atom. The molecule has 2 N–H and O–H groups in total. The lowest BCUT2D eigenvalue weighted by Crippen LogP contribution is -2.40. The fourth-order valence-corrected chi connectivity index (χ4v) is 4.04. The van der Waals surface area contributed by atoms with Gasteiger partial charge in [-0.1, -0.05) is 48.0 Å². The van der Waals surface area contributed by atoms with Crippen molar-refractivity contribution in [2.45, 2.75) is 52.0 Å². The molecule has 3 atom stereocenters. The molecule has 1 saturated heterocycles. The molecule has 1 fully saturated rings. The number of ether oxygens (including phenoxy) is 2. The molecule has 0 spiro atoms. The van der Waals surface area contributed by atoms with Crippen LogP contribution in [0.1, 0.15) is 39.0 Å². The summed E-state index contributed by atoms with van der Waals surface area (Å²) in [5, 5.41) is 18.9. The highest BCUT2D eigenvalue weighted by molar-refractivity contribution is 6.04. The number of aryl methyl sites for hydroxylation is 3. The first-order valence-corrected chi connectivity index (χ1v) is 11.0. The van der Waals surface area contributed by atoms with E-state index in [4.69, 9.17) is 14.6 Å². The zero-order chi connectivity index (χ0) is 24.0. The topological polar surface area (TPSA) is 96.3 Å². The van der Waals surface area contributed by atoms with Crippen molar-refractivity contribution in [1.82, 2.24) is 4.90 Å². The zero-order valence-electron chi connectivity index (χ0n) is 19.2. The van der Waals surface area contributed by atoms with Crippen molar-refractivity contribution in [3.63, 3.8) is 0 Å². The number of carbonyl (C=O) groups is 2. The van der Waals surface area contributed by atoms with Crippen molar-refractivity contribution < 1.29 is 29.3 Å². The third-order valence-electron chi connectivity index (χ3n) is 5.72. The molecule has 0 aliphatic carbocycles. The van der Waals surface area contributed by atoms with Gasteiger partial charge in [-0.05, 0) is 49.6 Å². The summed E-state index contributed by atoms with van der Waals surface area (Å²) in [5.74, 6) is -0.483. The average Bonchev–Trinajstić information content (AvgIpc) is 3.11. The summed E-state index contributed by atoms with van der Waals surface area (Å²) < 4.78 is 11.4. The standard InChI is InChI=1S/C26H31NO6/c1-17-13-18(2)22(19(3)14-17)16-32-12-11-24-23(10-9-21(29)15-28)27(26(31)33-24)25(30)20-7-5-4-6-8-20/h4-10,13-14,21,23-24,28-29H,11-12,15-16H2,1-3H3/b10-9+/t21-,23-,24-/m0/s1. The van der Waals surface area contributed by atoms with Crippen molar-refractivity contribution in [3.8, 4) is 0 Å². The third-order valence-corrected chi connectivity index (χ3v) is 5.72. The second-order valence-corrected chi connectivity index (χ2v) is 8.31. The van der Waals surface area contributed by atoms with Gasteiger partial charge in [0.15, 0.2) is 0 Å². The van der Waals surface area contributed by atoms with Crippen molar-refractivity contribution in [2.75, 3.05) is 13.2 Å². The van der Waals surface area contributed by atoms with Crippen LogP contribution in [0.3, 0.4) is 0 Å². The van der Waals surface area contributed by atoms with E-state index in [1.54, 1.807) is 30.3 Å². The summed E-state index contributed by atoms with van der Waals surface area (Å²) in [6.07, 6.45) is 0.799. The number of hydrogen-bond donors (Lipinski definition) is 2. The highest BCUT2D eigenvalue weighted by Crippen LogP contribution is 2.26.